The smallest absolute Gasteiger partial charge is 0.221 e. The number of amides is 1. The molecule has 0 spiro atoms. The van der Waals surface area contributed by atoms with E-state index in [1.807, 2.05) is 12.1 Å². The van der Waals surface area contributed by atoms with Crippen molar-refractivity contribution in [1.29, 1.82) is 0 Å². The first-order valence-corrected chi connectivity index (χ1v) is 8.77. The van der Waals surface area contributed by atoms with Crippen molar-refractivity contribution in [3.05, 3.63) is 46.3 Å². The Bertz CT molecular complexity index is 766. The number of carbonyl (C=O) groups is 1. The Hall–Kier alpha value is -2.14. The molecule has 1 aliphatic heterocycles. The Morgan fingerprint density at radius 2 is 2.12 bits per heavy atom. The molecule has 1 aromatic heterocycles. The molecule has 1 N–H and O–H groups in total. The molecule has 2 aromatic rings. The third-order valence-corrected chi connectivity index (χ3v) is 5.06. The second kappa shape index (κ2) is 6.40. The summed E-state index contributed by atoms with van der Waals surface area (Å²) < 4.78 is 5.54. The number of carbonyl (C=O) groups excluding carboxylic acids is 1. The van der Waals surface area contributed by atoms with E-state index in [1.54, 1.807) is 6.92 Å². The standard InChI is InChI=1S/C19H23N3O2/c1-13(23)20-17-7-4-5-14-11-22(10-9-15(14)17)12-18-16-6-2-3-8-19(16)24-21-18/h4-5,7H,2-3,6,8-12H2,1H3,(H,20,23). The lowest BCUT2D eigenvalue weighted by Crippen LogP contribution is -2.31. The summed E-state index contributed by atoms with van der Waals surface area (Å²) in [6.45, 7) is 4.28. The van der Waals surface area contributed by atoms with Gasteiger partial charge >= 0.3 is 0 Å². The minimum Gasteiger partial charge on any atom is -0.361 e. The van der Waals surface area contributed by atoms with Crippen molar-refractivity contribution >= 4 is 11.6 Å². The van der Waals surface area contributed by atoms with Crippen molar-refractivity contribution in [3.63, 3.8) is 0 Å². The van der Waals surface area contributed by atoms with Crippen molar-refractivity contribution in [3.8, 4) is 0 Å². The van der Waals surface area contributed by atoms with E-state index < -0.39 is 0 Å². The second-order valence-electron chi connectivity index (χ2n) is 6.82. The van der Waals surface area contributed by atoms with E-state index in [0.29, 0.717) is 0 Å². The number of aromatic nitrogens is 1. The average Bonchev–Trinajstić information content (AvgIpc) is 2.98. The zero-order valence-corrected chi connectivity index (χ0v) is 14.1. The summed E-state index contributed by atoms with van der Waals surface area (Å²) >= 11 is 0. The number of nitrogens with zero attached hydrogens (tertiary/aromatic N) is 2. The molecule has 2 heterocycles. The van der Waals surface area contributed by atoms with Crippen LogP contribution in [0.25, 0.3) is 0 Å². The van der Waals surface area contributed by atoms with Gasteiger partial charge in [0.15, 0.2) is 0 Å². The van der Waals surface area contributed by atoms with Crippen LogP contribution in [0.5, 0.6) is 0 Å². The summed E-state index contributed by atoms with van der Waals surface area (Å²) in [5.74, 6) is 1.08. The number of aryl methyl sites for hydroxylation is 1. The Labute approximate surface area is 142 Å². The maximum atomic E-state index is 11.4. The van der Waals surface area contributed by atoms with Gasteiger partial charge in [-0.25, -0.2) is 0 Å². The second-order valence-corrected chi connectivity index (χ2v) is 6.82. The zero-order chi connectivity index (χ0) is 16.5. The van der Waals surface area contributed by atoms with Crippen LogP contribution in [0, 0.1) is 0 Å². The molecule has 24 heavy (non-hydrogen) atoms. The van der Waals surface area contributed by atoms with Crippen LogP contribution in [0.3, 0.4) is 0 Å². The molecule has 1 amide bonds. The molecule has 2 aliphatic rings. The Morgan fingerprint density at radius 1 is 1.25 bits per heavy atom. The highest BCUT2D eigenvalue weighted by Gasteiger charge is 2.24. The molecule has 0 radical (unpaired) electrons. The summed E-state index contributed by atoms with van der Waals surface area (Å²) in [5, 5.41) is 7.28. The Balaban J connectivity index is 1.51. The molecule has 126 valence electrons. The lowest BCUT2D eigenvalue weighted by atomic mass is 9.95. The van der Waals surface area contributed by atoms with Crippen molar-refractivity contribution < 1.29 is 9.32 Å². The van der Waals surface area contributed by atoms with Gasteiger partial charge in [-0.1, -0.05) is 17.3 Å². The van der Waals surface area contributed by atoms with Crippen LogP contribution < -0.4 is 5.32 Å². The van der Waals surface area contributed by atoms with Gasteiger partial charge in [-0.2, -0.15) is 0 Å². The number of anilines is 1. The fourth-order valence-corrected chi connectivity index (χ4v) is 3.89. The SMILES string of the molecule is CC(=O)Nc1cccc2c1CCN(Cc1noc3c1CCCC3)C2. The summed E-state index contributed by atoms with van der Waals surface area (Å²) in [6, 6.07) is 6.17. The zero-order valence-electron chi connectivity index (χ0n) is 14.1. The van der Waals surface area contributed by atoms with Crippen LogP contribution in [-0.2, 0) is 37.1 Å². The van der Waals surface area contributed by atoms with E-state index in [2.05, 4.69) is 21.4 Å². The molecular weight excluding hydrogens is 302 g/mol. The number of benzene rings is 1. The first-order valence-electron chi connectivity index (χ1n) is 8.77. The van der Waals surface area contributed by atoms with E-state index in [9.17, 15) is 4.79 Å². The maximum absolute atomic E-state index is 11.4. The first-order chi connectivity index (χ1) is 11.7. The number of hydrogen-bond acceptors (Lipinski definition) is 4. The van der Waals surface area contributed by atoms with Gasteiger partial charge in [-0.3, -0.25) is 9.69 Å². The average molecular weight is 325 g/mol. The van der Waals surface area contributed by atoms with Gasteiger partial charge in [0, 0.05) is 44.2 Å². The molecule has 5 heteroatoms. The molecule has 0 unspecified atom stereocenters. The highest BCUT2D eigenvalue weighted by atomic mass is 16.5. The van der Waals surface area contributed by atoms with Crippen LogP contribution in [0.2, 0.25) is 0 Å². The molecule has 0 saturated carbocycles. The third-order valence-electron chi connectivity index (χ3n) is 5.06. The van der Waals surface area contributed by atoms with Gasteiger partial charge < -0.3 is 9.84 Å². The van der Waals surface area contributed by atoms with Crippen molar-refractivity contribution in [2.45, 2.75) is 52.1 Å². The van der Waals surface area contributed by atoms with Gasteiger partial charge in [0.1, 0.15) is 11.5 Å². The molecule has 0 saturated heterocycles. The molecule has 1 aromatic carbocycles. The summed E-state index contributed by atoms with van der Waals surface area (Å²) in [7, 11) is 0. The number of nitrogens with one attached hydrogen (secondary N) is 1. The minimum absolute atomic E-state index is 0.0138. The van der Waals surface area contributed by atoms with Crippen LogP contribution in [0.4, 0.5) is 5.69 Å². The fourth-order valence-electron chi connectivity index (χ4n) is 3.89. The van der Waals surface area contributed by atoms with Crippen LogP contribution >= 0.6 is 0 Å². The van der Waals surface area contributed by atoms with Crippen LogP contribution in [0.15, 0.2) is 22.7 Å². The number of rotatable bonds is 3. The molecule has 0 atom stereocenters. The Morgan fingerprint density at radius 3 is 3.00 bits per heavy atom. The predicted molar refractivity (Wildman–Crippen MR) is 91.7 cm³/mol. The molecule has 0 bridgehead atoms. The highest BCUT2D eigenvalue weighted by Crippen LogP contribution is 2.29. The Kier molecular flexibility index (Phi) is 4.10. The van der Waals surface area contributed by atoms with Crippen LogP contribution in [0.1, 0.15) is 47.9 Å². The van der Waals surface area contributed by atoms with Gasteiger partial charge in [0.2, 0.25) is 5.91 Å². The normalized spacial score (nSPS) is 17.2. The van der Waals surface area contributed by atoms with Gasteiger partial charge in [-0.15, -0.1) is 0 Å². The topological polar surface area (TPSA) is 58.4 Å². The first kappa shape index (κ1) is 15.4. The van der Waals surface area contributed by atoms with E-state index in [4.69, 9.17) is 4.52 Å². The quantitative estimate of drug-likeness (QED) is 0.942. The molecule has 5 nitrogen and oxygen atoms in total. The number of hydrogen-bond donors (Lipinski definition) is 1. The largest absolute Gasteiger partial charge is 0.361 e. The summed E-state index contributed by atoms with van der Waals surface area (Å²) in [5.41, 5.74) is 5.99. The molecular formula is C19H23N3O2. The van der Waals surface area contributed by atoms with Crippen molar-refractivity contribution in [2.75, 3.05) is 11.9 Å². The van der Waals surface area contributed by atoms with Gasteiger partial charge in [0.05, 0.1) is 0 Å². The van der Waals surface area contributed by atoms with Crippen LogP contribution in [-0.4, -0.2) is 22.5 Å². The summed E-state index contributed by atoms with van der Waals surface area (Å²) in [4.78, 5) is 13.8. The lowest BCUT2D eigenvalue weighted by molar-refractivity contribution is -0.114. The fraction of sp³-hybridized carbons (Fsp3) is 0.474. The van der Waals surface area contributed by atoms with Gasteiger partial charge in [-0.05, 0) is 42.9 Å². The lowest BCUT2D eigenvalue weighted by Gasteiger charge is -2.29. The minimum atomic E-state index is -0.0138. The van der Waals surface area contributed by atoms with E-state index in [-0.39, 0.29) is 5.91 Å². The summed E-state index contributed by atoms with van der Waals surface area (Å²) in [6.07, 6.45) is 5.54. The monoisotopic (exact) mass is 325 g/mol. The molecule has 4 rings (SSSR count). The molecule has 0 fully saturated rings. The molecule has 1 aliphatic carbocycles. The van der Waals surface area contributed by atoms with E-state index >= 15 is 0 Å². The highest BCUT2D eigenvalue weighted by molar-refractivity contribution is 5.89. The van der Waals surface area contributed by atoms with Crippen molar-refractivity contribution in [1.82, 2.24) is 10.1 Å². The third kappa shape index (κ3) is 2.96. The van der Waals surface area contributed by atoms with E-state index in [0.717, 1.165) is 56.0 Å². The van der Waals surface area contributed by atoms with Crippen molar-refractivity contribution in [2.24, 2.45) is 0 Å². The predicted octanol–water partition coefficient (Wildman–Crippen LogP) is 3.07. The van der Waals surface area contributed by atoms with E-state index in [1.165, 1.54) is 29.5 Å². The maximum Gasteiger partial charge on any atom is 0.221 e. The van der Waals surface area contributed by atoms with Gasteiger partial charge in [0.25, 0.3) is 0 Å². The number of fused-ring (bicyclic) bond motifs is 2.